The molecule has 2 aromatic rings. The smallest absolute Gasteiger partial charge is 0.0881 e. The molecule has 2 N–H and O–H groups in total. The molecule has 1 aromatic carbocycles. The molecule has 2 heterocycles. The molecule has 0 bridgehead atoms. The van der Waals surface area contributed by atoms with E-state index >= 15 is 0 Å². The van der Waals surface area contributed by atoms with Crippen LogP contribution in [-0.4, -0.2) is 41.3 Å². The van der Waals surface area contributed by atoms with Gasteiger partial charge >= 0.3 is 0 Å². The lowest BCUT2D eigenvalue weighted by atomic mass is 9.90. The normalized spacial score (nSPS) is 19.7. The number of benzene rings is 1. The molecule has 1 unspecified atom stereocenters. The average Bonchev–Trinajstić information content (AvgIpc) is 2.89. The third-order valence-corrected chi connectivity index (χ3v) is 4.33. The van der Waals surface area contributed by atoms with Crippen molar-refractivity contribution < 1.29 is 0 Å². The van der Waals surface area contributed by atoms with Crippen LogP contribution in [0.1, 0.15) is 19.8 Å². The summed E-state index contributed by atoms with van der Waals surface area (Å²) < 4.78 is 0. The van der Waals surface area contributed by atoms with Crippen molar-refractivity contribution in [2.24, 2.45) is 5.92 Å². The number of piperidine rings is 1. The summed E-state index contributed by atoms with van der Waals surface area (Å²) in [5.41, 5.74) is 2.28. The summed E-state index contributed by atoms with van der Waals surface area (Å²) in [5, 5.41) is 12.0. The highest BCUT2D eigenvalue weighted by Crippen LogP contribution is 2.26. The highest BCUT2D eigenvalue weighted by molar-refractivity contribution is 5.89. The molecule has 1 aliphatic rings. The number of rotatable bonds is 3. The summed E-state index contributed by atoms with van der Waals surface area (Å²) in [5.74, 6) is 0.759. The fourth-order valence-corrected chi connectivity index (χ4v) is 2.98. The van der Waals surface area contributed by atoms with E-state index < -0.39 is 0 Å². The van der Waals surface area contributed by atoms with Gasteiger partial charge in [-0.3, -0.25) is 5.10 Å². The lowest BCUT2D eigenvalue weighted by molar-refractivity contribution is 0.208. The van der Waals surface area contributed by atoms with Crippen molar-refractivity contribution >= 4 is 16.6 Å². The van der Waals surface area contributed by atoms with Crippen molar-refractivity contribution in [1.82, 2.24) is 15.1 Å². The number of aromatic amines is 1. The molecule has 4 heteroatoms. The first kappa shape index (κ1) is 12.5. The van der Waals surface area contributed by atoms with Crippen molar-refractivity contribution in [3.8, 4) is 0 Å². The van der Waals surface area contributed by atoms with E-state index in [0.29, 0.717) is 6.04 Å². The summed E-state index contributed by atoms with van der Waals surface area (Å²) in [7, 11) is 2.21. The fraction of sp³-hybridized carbons (Fsp3) is 0.533. The number of fused-ring (bicyclic) bond motifs is 1. The maximum Gasteiger partial charge on any atom is 0.0881 e. The van der Waals surface area contributed by atoms with Crippen molar-refractivity contribution in [1.29, 1.82) is 0 Å². The van der Waals surface area contributed by atoms with E-state index in [0.717, 1.165) is 11.4 Å². The standard InChI is InChI=1S/C15H22N4/c1-11(12-6-8-19(2)9-7-12)17-14-5-3-4-13-10-16-18-15(13)14/h3-5,10-12,17H,6-9H2,1-2H3,(H,16,18). The number of H-pyrrole nitrogens is 1. The Labute approximate surface area is 114 Å². The first-order valence-electron chi connectivity index (χ1n) is 7.11. The molecule has 19 heavy (non-hydrogen) atoms. The number of nitrogens with one attached hydrogen (secondary N) is 2. The van der Waals surface area contributed by atoms with Gasteiger partial charge in [-0.25, -0.2) is 0 Å². The van der Waals surface area contributed by atoms with E-state index in [1.165, 1.54) is 37.0 Å². The van der Waals surface area contributed by atoms with Crippen LogP contribution in [0, 0.1) is 5.92 Å². The minimum Gasteiger partial charge on any atom is -0.381 e. The Morgan fingerprint density at radius 2 is 2.16 bits per heavy atom. The summed E-state index contributed by atoms with van der Waals surface area (Å²) in [6, 6.07) is 6.81. The van der Waals surface area contributed by atoms with Gasteiger partial charge in [0.2, 0.25) is 0 Å². The molecule has 0 aliphatic carbocycles. The first-order chi connectivity index (χ1) is 9.24. The van der Waals surface area contributed by atoms with Gasteiger partial charge in [0.1, 0.15) is 0 Å². The lowest BCUT2D eigenvalue weighted by Crippen LogP contribution is -2.37. The number of para-hydroxylation sites is 1. The Hall–Kier alpha value is -1.55. The molecule has 0 saturated carbocycles. The highest BCUT2D eigenvalue weighted by Gasteiger charge is 2.22. The van der Waals surface area contributed by atoms with Crippen LogP contribution in [0.4, 0.5) is 5.69 Å². The van der Waals surface area contributed by atoms with Crippen LogP contribution >= 0.6 is 0 Å². The van der Waals surface area contributed by atoms with E-state index in [1.54, 1.807) is 0 Å². The monoisotopic (exact) mass is 258 g/mol. The first-order valence-corrected chi connectivity index (χ1v) is 7.11. The Morgan fingerprint density at radius 3 is 2.95 bits per heavy atom. The van der Waals surface area contributed by atoms with Crippen molar-refractivity contribution in [2.75, 3.05) is 25.5 Å². The average molecular weight is 258 g/mol. The third kappa shape index (κ3) is 2.59. The largest absolute Gasteiger partial charge is 0.381 e. The topological polar surface area (TPSA) is 44.0 Å². The predicted molar refractivity (Wildman–Crippen MR) is 79.4 cm³/mol. The van der Waals surface area contributed by atoms with E-state index in [9.17, 15) is 0 Å². The Kier molecular flexibility index (Phi) is 3.42. The van der Waals surface area contributed by atoms with E-state index in [4.69, 9.17) is 0 Å². The Balaban J connectivity index is 1.72. The number of likely N-dealkylation sites (tertiary alicyclic amines) is 1. The van der Waals surface area contributed by atoms with Crippen LogP contribution in [0.25, 0.3) is 10.9 Å². The minimum atomic E-state index is 0.502. The molecule has 102 valence electrons. The van der Waals surface area contributed by atoms with Gasteiger partial charge in [0.05, 0.1) is 17.4 Å². The van der Waals surface area contributed by atoms with Crippen LogP contribution < -0.4 is 5.32 Å². The molecular weight excluding hydrogens is 236 g/mol. The van der Waals surface area contributed by atoms with Crippen molar-refractivity contribution in [2.45, 2.75) is 25.8 Å². The molecule has 1 aromatic heterocycles. The molecule has 1 aliphatic heterocycles. The zero-order valence-electron chi connectivity index (χ0n) is 11.7. The number of anilines is 1. The van der Waals surface area contributed by atoms with Gasteiger partial charge < -0.3 is 10.2 Å². The second-order valence-electron chi connectivity index (χ2n) is 5.71. The summed E-state index contributed by atoms with van der Waals surface area (Å²) >= 11 is 0. The summed E-state index contributed by atoms with van der Waals surface area (Å²) in [6.45, 7) is 4.72. The molecule has 3 rings (SSSR count). The van der Waals surface area contributed by atoms with E-state index in [-0.39, 0.29) is 0 Å². The maximum absolute atomic E-state index is 4.12. The Morgan fingerprint density at radius 1 is 1.37 bits per heavy atom. The molecule has 1 saturated heterocycles. The number of aromatic nitrogens is 2. The van der Waals surface area contributed by atoms with Crippen LogP contribution in [0.2, 0.25) is 0 Å². The lowest BCUT2D eigenvalue weighted by Gasteiger charge is -2.33. The number of nitrogens with zero attached hydrogens (tertiary/aromatic N) is 2. The van der Waals surface area contributed by atoms with E-state index in [1.807, 2.05) is 6.20 Å². The van der Waals surface area contributed by atoms with Gasteiger partial charge in [0.25, 0.3) is 0 Å². The molecule has 1 fully saturated rings. The predicted octanol–water partition coefficient (Wildman–Crippen LogP) is 2.71. The number of hydrogen-bond donors (Lipinski definition) is 2. The SMILES string of the molecule is CC(Nc1cccc2cn[nH]c12)C1CCN(C)CC1. The Bertz CT molecular complexity index is 540. The van der Waals surface area contributed by atoms with Gasteiger partial charge in [-0.15, -0.1) is 0 Å². The zero-order chi connectivity index (χ0) is 13.2. The molecule has 0 spiro atoms. The van der Waals surface area contributed by atoms with Crippen molar-refractivity contribution in [3.63, 3.8) is 0 Å². The second-order valence-corrected chi connectivity index (χ2v) is 5.71. The van der Waals surface area contributed by atoms with E-state index in [2.05, 4.69) is 52.6 Å². The number of hydrogen-bond acceptors (Lipinski definition) is 3. The third-order valence-electron chi connectivity index (χ3n) is 4.33. The highest BCUT2D eigenvalue weighted by atomic mass is 15.1. The molecular formula is C15H22N4. The van der Waals surface area contributed by atoms with Gasteiger partial charge in [0, 0.05) is 11.4 Å². The second kappa shape index (κ2) is 5.21. The molecule has 0 radical (unpaired) electrons. The molecule has 4 nitrogen and oxygen atoms in total. The van der Waals surface area contributed by atoms with Gasteiger partial charge in [0.15, 0.2) is 0 Å². The summed E-state index contributed by atoms with van der Waals surface area (Å²) in [6.07, 6.45) is 4.44. The summed E-state index contributed by atoms with van der Waals surface area (Å²) in [4.78, 5) is 2.42. The fourth-order valence-electron chi connectivity index (χ4n) is 2.98. The zero-order valence-corrected chi connectivity index (χ0v) is 11.7. The van der Waals surface area contributed by atoms with Crippen LogP contribution in [0.3, 0.4) is 0 Å². The van der Waals surface area contributed by atoms with Gasteiger partial charge in [-0.05, 0) is 51.9 Å². The van der Waals surface area contributed by atoms with Gasteiger partial charge in [-0.2, -0.15) is 5.10 Å². The molecule has 0 amide bonds. The van der Waals surface area contributed by atoms with Crippen LogP contribution in [0.5, 0.6) is 0 Å². The quantitative estimate of drug-likeness (QED) is 0.889. The van der Waals surface area contributed by atoms with Crippen LogP contribution in [0.15, 0.2) is 24.4 Å². The van der Waals surface area contributed by atoms with Crippen molar-refractivity contribution in [3.05, 3.63) is 24.4 Å². The van der Waals surface area contributed by atoms with Gasteiger partial charge in [-0.1, -0.05) is 12.1 Å². The maximum atomic E-state index is 4.12. The molecule has 1 atom stereocenters. The minimum absolute atomic E-state index is 0.502. The van der Waals surface area contributed by atoms with Crippen LogP contribution in [-0.2, 0) is 0 Å².